The molecule has 16 heavy (non-hydrogen) atoms. The quantitative estimate of drug-likeness (QED) is 0.850. The first-order chi connectivity index (χ1) is 7.79. The molecule has 0 radical (unpaired) electrons. The van der Waals surface area contributed by atoms with E-state index in [1.54, 1.807) is 11.3 Å². The summed E-state index contributed by atoms with van der Waals surface area (Å²) in [6.07, 6.45) is 1.06. The highest BCUT2D eigenvalue weighted by molar-refractivity contribution is 7.10. The Kier molecular flexibility index (Phi) is 3.96. The second-order valence-electron chi connectivity index (χ2n) is 4.17. The molecule has 4 heteroatoms. The molecule has 1 fully saturated rings. The van der Waals surface area contributed by atoms with E-state index in [4.69, 9.17) is 0 Å². The molecule has 0 aromatic carbocycles. The Morgan fingerprint density at radius 2 is 2.38 bits per heavy atom. The monoisotopic (exact) mass is 238 g/mol. The van der Waals surface area contributed by atoms with E-state index < -0.39 is 0 Å². The smallest absolute Gasteiger partial charge is 0.230 e. The van der Waals surface area contributed by atoms with E-state index in [1.807, 2.05) is 29.3 Å². The summed E-state index contributed by atoms with van der Waals surface area (Å²) in [7, 11) is 0. The summed E-state index contributed by atoms with van der Waals surface area (Å²) in [5.41, 5.74) is 0. The zero-order valence-electron chi connectivity index (χ0n) is 9.61. The summed E-state index contributed by atoms with van der Waals surface area (Å²) in [6, 6.07) is 4.05. The van der Waals surface area contributed by atoms with Crippen LogP contribution >= 0.6 is 11.3 Å². The molecule has 1 amide bonds. The number of carbonyl (C=O) groups is 1. The predicted molar refractivity (Wildman–Crippen MR) is 66.8 cm³/mol. The first-order valence-corrected chi connectivity index (χ1v) is 6.70. The number of hydrogen-bond donors (Lipinski definition) is 1. The van der Waals surface area contributed by atoms with Gasteiger partial charge in [-0.25, -0.2) is 0 Å². The molecule has 2 rings (SSSR count). The predicted octanol–water partition coefficient (Wildman–Crippen LogP) is 1.67. The minimum atomic E-state index is 0.0121. The van der Waals surface area contributed by atoms with E-state index in [0.717, 1.165) is 32.6 Å². The van der Waals surface area contributed by atoms with Crippen LogP contribution in [0.2, 0.25) is 0 Å². The van der Waals surface area contributed by atoms with E-state index in [9.17, 15) is 4.79 Å². The Balaban J connectivity index is 2.00. The molecule has 1 aromatic heterocycles. The van der Waals surface area contributed by atoms with E-state index in [1.165, 1.54) is 4.88 Å². The minimum Gasteiger partial charge on any atom is -0.341 e. The third kappa shape index (κ3) is 2.62. The lowest BCUT2D eigenvalue weighted by Crippen LogP contribution is -2.36. The van der Waals surface area contributed by atoms with Gasteiger partial charge in [0.05, 0.1) is 5.92 Å². The van der Waals surface area contributed by atoms with E-state index in [0.29, 0.717) is 0 Å². The molecule has 1 atom stereocenters. The second kappa shape index (κ2) is 5.46. The van der Waals surface area contributed by atoms with Crippen LogP contribution in [0.15, 0.2) is 17.5 Å². The van der Waals surface area contributed by atoms with Crippen LogP contribution < -0.4 is 5.32 Å². The fourth-order valence-corrected chi connectivity index (χ4v) is 2.78. The summed E-state index contributed by atoms with van der Waals surface area (Å²) in [5, 5.41) is 5.35. The highest BCUT2D eigenvalue weighted by Crippen LogP contribution is 2.22. The van der Waals surface area contributed by atoms with Crippen LogP contribution in [-0.2, 0) is 4.79 Å². The van der Waals surface area contributed by atoms with Crippen molar-refractivity contribution in [2.75, 3.05) is 26.2 Å². The normalized spacial score (nSPS) is 19.2. The molecule has 0 bridgehead atoms. The number of nitrogens with zero attached hydrogens (tertiary/aromatic N) is 1. The average molecular weight is 238 g/mol. The summed E-state index contributed by atoms with van der Waals surface area (Å²) in [5.74, 6) is 0.282. The van der Waals surface area contributed by atoms with Crippen LogP contribution in [0.5, 0.6) is 0 Å². The molecular formula is C12H18N2OS. The van der Waals surface area contributed by atoms with Gasteiger partial charge in [0.25, 0.3) is 0 Å². The molecule has 0 saturated carbocycles. The number of amides is 1. The van der Waals surface area contributed by atoms with Gasteiger partial charge in [0.2, 0.25) is 5.91 Å². The second-order valence-corrected chi connectivity index (χ2v) is 5.15. The van der Waals surface area contributed by atoms with Gasteiger partial charge in [0.1, 0.15) is 0 Å². The molecule has 1 aliphatic rings. The van der Waals surface area contributed by atoms with Crippen LogP contribution in [0, 0.1) is 0 Å². The maximum Gasteiger partial charge on any atom is 0.230 e. The molecule has 1 aliphatic heterocycles. The van der Waals surface area contributed by atoms with Crippen molar-refractivity contribution in [2.24, 2.45) is 0 Å². The van der Waals surface area contributed by atoms with Crippen molar-refractivity contribution in [1.29, 1.82) is 0 Å². The summed E-state index contributed by atoms with van der Waals surface area (Å²) >= 11 is 1.67. The van der Waals surface area contributed by atoms with E-state index in [2.05, 4.69) is 5.32 Å². The lowest BCUT2D eigenvalue weighted by Gasteiger charge is -2.23. The van der Waals surface area contributed by atoms with Crippen molar-refractivity contribution in [2.45, 2.75) is 19.3 Å². The topological polar surface area (TPSA) is 32.3 Å². The third-order valence-corrected chi connectivity index (χ3v) is 4.05. The highest BCUT2D eigenvalue weighted by Gasteiger charge is 2.22. The van der Waals surface area contributed by atoms with Crippen LogP contribution in [0.25, 0.3) is 0 Å². The Morgan fingerprint density at radius 3 is 3.12 bits per heavy atom. The van der Waals surface area contributed by atoms with Crippen molar-refractivity contribution in [3.8, 4) is 0 Å². The van der Waals surface area contributed by atoms with Crippen molar-refractivity contribution in [3.05, 3.63) is 22.4 Å². The summed E-state index contributed by atoms with van der Waals surface area (Å²) < 4.78 is 0. The molecular weight excluding hydrogens is 220 g/mol. The molecule has 0 aliphatic carbocycles. The van der Waals surface area contributed by atoms with Gasteiger partial charge >= 0.3 is 0 Å². The van der Waals surface area contributed by atoms with Gasteiger partial charge in [-0.15, -0.1) is 11.3 Å². The van der Waals surface area contributed by atoms with Gasteiger partial charge in [-0.05, 0) is 31.3 Å². The van der Waals surface area contributed by atoms with Crippen LogP contribution in [0.1, 0.15) is 24.1 Å². The maximum absolute atomic E-state index is 12.3. The number of carbonyl (C=O) groups excluding carboxylic acids is 1. The van der Waals surface area contributed by atoms with Gasteiger partial charge in [-0.2, -0.15) is 0 Å². The van der Waals surface area contributed by atoms with E-state index >= 15 is 0 Å². The molecule has 1 unspecified atom stereocenters. The fraction of sp³-hybridized carbons (Fsp3) is 0.583. The highest BCUT2D eigenvalue weighted by atomic mass is 32.1. The molecule has 2 heterocycles. The Hall–Kier alpha value is -0.870. The largest absolute Gasteiger partial charge is 0.341 e. The Morgan fingerprint density at radius 1 is 1.50 bits per heavy atom. The number of rotatable bonds is 2. The van der Waals surface area contributed by atoms with Crippen molar-refractivity contribution >= 4 is 17.2 Å². The first-order valence-electron chi connectivity index (χ1n) is 5.82. The van der Waals surface area contributed by atoms with Crippen molar-refractivity contribution in [3.63, 3.8) is 0 Å². The molecule has 88 valence electrons. The minimum absolute atomic E-state index is 0.0121. The third-order valence-electron chi connectivity index (χ3n) is 2.99. The molecule has 3 nitrogen and oxygen atoms in total. The standard InChI is InChI=1S/C12H18N2OS/c1-10(11-4-2-9-16-11)12(15)14-7-3-5-13-6-8-14/h2,4,9-10,13H,3,5-8H2,1H3. The van der Waals surface area contributed by atoms with Crippen LogP contribution in [0.3, 0.4) is 0 Å². The fourth-order valence-electron chi connectivity index (χ4n) is 2.00. The maximum atomic E-state index is 12.3. The van der Waals surface area contributed by atoms with Gasteiger partial charge in [-0.1, -0.05) is 6.07 Å². The van der Waals surface area contributed by atoms with Crippen LogP contribution in [-0.4, -0.2) is 37.0 Å². The number of hydrogen-bond acceptors (Lipinski definition) is 3. The van der Waals surface area contributed by atoms with Gasteiger partial charge in [0.15, 0.2) is 0 Å². The van der Waals surface area contributed by atoms with Gasteiger partial charge < -0.3 is 10.2 Å². The van der Waals surface area contributed by atoms with Crippen molar-refractivity contribution < 1.29 is 4.79 Å². The Labute approximate surface area is 100 Å². The summed E-state index contributed by atoms with van der Waals surface area (Å²) in [6.45, 7) is 5.68. The van der Waals surface area contributed by atoms with Crippen LogP contribution in [0.4, 0.5) is 0 Å². The van der Waals surface area contributed by atoms with Gasteiger partial charge in [0, 0.05) is 24.5 Å². The lowest BCUT2D eigenvalue weighted by atomic mass is 10.1. The lowest BCUT2D eigenvalue weighted by molar-refractivity contribution is -0.132. The average Bonchev–Trinajstić information content (AvgIpc) is 2.70. The van der Waals surface area contributed by atoms with E-state index in [-0.39, 0.29) is 11.8 Å². The zero-order valence-corrected chi connectivity index (χ0v) is 10.4. The van der Waals surface area contributed by atoms with Gasteiger partial charge in [-0.3, -0.25) is 4.79 Å². The molecule has 1 N–H and O–H groups in total. The number of nitrogens with one attached hydrogen (secondary N) is 1. The molecule has 1 saturated heterocycles. The zero-order chi connectivity index (χ0) is 11.4. The first kappa shape index (κ1) is 11.6. The molecule has 1 aromatic rings. The van der Waals surface area contributed by atoms with Crippen molar-refractivity contribution in [1.82, 2.24) is 10.2 Å². The SMILES string of the molecule is CC(C(=O)N1CCCNCC1)c1cccs1. The number of thiophene rings is 1. The Bertz CT molecular complexity index is 329. The molecule has 0 spiro atoms. The summed E-state index contributed by atoms with van der Waals surface area (Å²) in [4.78, 5) is 15.4.